The highest BCUT2D eigenvalue weighted by Crippen LogP contribution is 2.11. The number of benzene rings is 1. The van der Waals surface area contributed by atoms with E-state index in [1.807, 2.05) is 30.3 Å². The summed E-state index contributed by atoms with van der Waals surface area (Å²) in [6.07, 6.45) is 2.94. The van der Waals surface area contributed by atoms with Gasteiger partial charge < -0.3 is 15.0 Å². The lowest BCUT2D eigenvalue weighted by Crippen LogP contribution is -2.37. The summed E-state index contributed by atoms with van der Waals surface area (Å²) in [6.45, 7) is 3.48. The number of aromatic nitrogens is 2. The Labute approximate surface area is 175 Å². The van der Waals surface area contributed by atoms with Gasteiger partial charge in [0.2, 0.25) is 0 Å². The van der Waals surface area contributed by atoms with Crippen molar-refractivity contribution < 1.29 is 0 Å². The molecule has 5 nitrogen and oxygen atoms in total. The fraction of sp³-hybridized carbons (Fsp3) is 0.263. The van der Waals surface area contributed by atoms with Crippen LogP contribution in [0.2, 0.25) is 5.02 Å². The van der Waals surface area contributed by atoms with Gasteiger partial charge in [-0.25, -0.2) is 4.98 Å². The summed E-state index contributed by atoms with van der Waals surface area (Å²) in [5.74, 6) is 0.760. The van der Waals surface area contributed by atoms with Crippen LogP contribution >= 0.6 is 35.6 Å². The third kappa shape index (κ3) is 5.35. The van der Waals surface area contributed by atoms with Crippen molar-refractivity contribution in [2.24, 2.45) is 4.99 Å². The van der Waals surface area contributed by atoms with Crippen LogP contribution in [0.1, 0.15) is 17.0 Å². The zero-order valence-corrected chi connectivity index (χ0v) is 18.0. The molecule has 0 saturated carbocycles. The number of nitrogens with one attached hydrogen (secondary N) is 2. The maximum Gasteiger partial charge on any atom is 0.191 e. The van der Waals surface area contributed by atoms with E-state index in [4.69, 9.17) is 11.6 Å². The molecule has 0 amide bonds. The number of rotatable bonds is 5. The molecule has 0 aliphatic heterocycles. The van der Waals surface area contributed by atoms with Crippen molar-refractivity contribution >= 4 is 47.2 Å². The number of hydrogen-bond donors (Lipinski definition) is 2. The van der Waals surface area contributed by atoms with Gasteiger partial charge in [0.05, 0.1) is 12.2 Å². The largest absolute Gasteiger partial charge is 0.356 e. The minimum Gasteiger partial charge on any atom is -0.356 e. The molecule has 7 heteroatoms. The second-order valence-electron chi connectivity index (χ2n) is 5.86. The van der Waals surface area contributed by atoms with E-state index in [2.05, 4.69) is 50.3 Å². The molecule has 0 aliphatic carbocycles. The van der Waals surface area contributed by atoms with Gasteiger partial charge >= 0.3 is 0 Å². The SMILES string of the molecule is CN=C(NCCc1cccc(Cl)c1)NCc1cn2c(C)cccc2n1.I. The molecule has 0 saturated heterocycles. The molecular formula is C19H23ClIN5. The predicted molar refractivity (Wildman–Crippen MR) is 119 cm³/mol. The molecule has 3 aromatic rings. The standard InChI is InChI=1S/C19H22ClN5.HI/c1-14-5-3-8-18-24-17(13-25(14)18)12-23-19(21-2)22-10-9-15-6-4-7-16(20)11-15;/h3-8,11,13H,9-10,12H2,1-2H3,(H2,21,22,23);1H. The first kappa shape index (κ1) is 20.5. The van der Waals surface area contributed by atoms with Crippen LogP contribution in [0.5, 0.6) is 0 Å². The van der Waals surface area contributed by atoms with Crippen LogP contribution in [-0.4, -0.2) is 28.9 Å². The fourth-order valence-electron chi connectivity index (χ4n) is 2.70. The summed E-state index contributed by atoms with van der Waals surface area (Å²) in [5, 5.41) is 7.38. The number of hydrogen-bond acceptors (Lipinski definition) is 2. The normalized spacial score (nSPS) is 11.3. The van der Waals surface area contributed by atoms with Crippen LogP contribution in [0.25, 0.3) is 5.65 Å². The molecule has 0 radical (unpaired) electrons. The number of pyridine rings is 1. The fourth-order valence-corrected chi connectivity index (χ4v) is 2.91. The monoisotopic (exact) mass is 483 g/mol. The Morgan fingerprint density at radius 1 is 1.19 bits per heavy atom. The quantitative estimate of drug-likeness (QED) is 0.330. The summed E-state index contributed by atoms with van der Waals surface area (Å²) in [6, 6.07) is 14.0. The molecule has 26 heavy (non-hydrogen) atoms. The van der Waals surface area contributed by atoms with Crippen molar-refractivity contribution in [3.8, 4) is 0 Å². The van der Waals surface area contributed by atoms with Gasteiger partial charge in [0, 0.05) is 30.5 Å². The number of nitrogens with zero attached hydrogens (tertiary/aromatic N) is 3. The molecule has 2 heterocycles. The molecule has 3 rings (SSSR count). The molecule has 0 spiro atoms. The Hall–Kier alpha value is -1.80. The smallest absolute Gasteiger partial charge is 0.191 e. The van der Waals surface area contributed by atoms with E-state index in [0.717, 1.165) is 35.3 Å². The maximum atomic E-state index is 6.01. The van der Waals surface area contributed by atoms with Crippen LogP contribution in [-0.2, 0) is 13.0 Å². The van der Waals surface area contributed by atoms with Gasteiger partial charge in [0.15, 0.2) is 5.96 Å². The number of imidazole rings is 1. The topological polar surface area (TPSA) is 53.7 Å². The first-order valence-corrected chi connectivity index (χ1v) is 8.66. The third-order valence-corrected chi connectivity index (χ3v) is 4.24. The van der Waals surface area contributed by atoms with E-state index < -0.39 is 0 Å². The van der Waals surface area contributed by atoms with Gasteiger partial charge in [0.1, 0.15) is 5.65 Å². The first-order valence-electron chi connectivity index (χ1n) is 8.28. The van der Waals surface area contributed by atoms with Crippen molar-refractivity contribution in [2.45, 2.75) is 19.9 Å². The average molecular weight is 484 g/mol. The number of guanidine groups is 1. The van der Waals surface area contributed by atoms with Gasteiger partial charge in [0.25, 0.3) is 0 Å². The van der Waals surface area contributed by atoms with Gasteiger partial charge in [-0.1, -0.05) is 29.8 Å². The van der Waals surface area contributed by atoms with E-state index in [1.54, 1.807) is 7.05 Å². The maximum absolute atomic E-state index is 6.01. The van der Waals surface area contributed by atoms with Crippen molar-refractivity contribution in [1.82, 2.24) is 20.0 Å². The Balaban J connectivity index is 0.00000243. The highest BCUT2D eigenvalue weighted by atomic mass is 127. The molecule has 0 aliphatic rings. The van der Waals surface area contributed by atoms with Crippen LogP contribution in [0, 0.1) is 6.92 Å². The second kappa shape index (κ2) is 9.78. The van der Waals surface area contributed by atoms with Crippen molar-refractivity contribution in [3.63, 3.8) is 0 Å². The van der Waals surface area contributed by atoms with E-state index in [-0.39, 0.29) is 24.0 Å². The summed E-state index contributed by atoms with van der Waals surface area (Å²) >= 11 is 6.01. The lowest BCUT2D eigenvalue weighted by Gasteiger charge is -2.11. The number of fused-ring (bicyclic) bond motifs is 1. The van der Waals surface area contributed by atoms with Crippen molar-refractivity contribution in [2.75, 3.05) is 13.6 Å². The van der Waals surface area contributed by atoms with Gasteiger partial charge in [-0.2, -0.15) is 0 Å². The van der Waals surface area contributed by atoms with Crippen molar-refractivity contribution in [1.29, 1.82) is 0 Å². The number of aliphatic imine (C=N–C) groups is 1. The highest BCUT2D eigenvalue weighted by Gasteiger charge is 2.04. The third-order valence-electron chi connectivity index (χ3n) is 4.00. The predicted octanol–water partition coefficient (Wildman–Crippen LogP) is 3.82. The second-order valence-corrected chi connectivity index (χ2v) is 6.30. The zero-order chi connectivity index (χ0) is 17.6. The zero-order valence-electron chi connectivity index (χ0n) is 14.9. The van der Waals surface area contributed by atoms with Gasteiger partial charge in [-0.3, -0.25) is 4.99 Å². The Bertz CT molecular complexity index is 891. The molecule has 2 aromatic heterocycles. The van der Waals surface area contributed by atoms with E-state index in [0.29, 0.717) is 6.54 Å². The molecule has 1 aromatic carbocycles. The molecule has 2 N–H and O–H groups in total. The molecule has 0 fully saturated rings. The Kier molecular flexibility index (Phi) is 7.71. The Morgan fingerprint density at radius 3 is 2.73 bits per heavy atom. The molecule has 0 atom stereocenters. The van der Waals surface area contributed by atoms with Crippen molar-refractivity contribution in [3.05, 3.63) is 70.6 Å². The van der Waals surface area contributed by atoms with E-state index in [1.165, 1.54) is 11.3 Å². The molecule has 0 unspecified atom stereocenters. The van der Waals surface area contributed by atoms with Gasteiger partial charge in [-0.15, -0.1) is 24.0 Å². The number of aryl methyl sites for hydroxylation is 1. The van der Waals surface area contributed by atoms with Crippen LogP contribution in [0.3, 0.4) is 0 Å². The van der Waals surface area contributed by atoms with Crippen LogP contribution < -0.4 is 10.6 Å². The van der Waals surface area contributed by atoms with E-state index >= 15 is 0 Å². The highest BCUT2D eigenvalue weighted by molar-refractivity contribution is 14.0. The molecule has 0 bridgehead atoms. The van der Waals surface area contributed by atoms with E-state index in [9.17, 15) is 0 Å². The Morgan fingerprint density at radius 2 is 2.00 bits per heavy atom. The summed E-state index contributed by atoms with van der Waals surface area (Å²) in [4.78, 5) is 8.88. The van der Waals surface area contributed by atoms with Gasteiger partial charge in [-0.05, 0) is 43.2 Å². The first-order chi connectivity index (χ1) is 12.2. The van der Waals surface area contributed by atoms with Crippen LogP contribution in [0.15, 0.2) is 53.7 Å². The minimum atomic E-state index is 0. The lowest BCUT2D eigenvalue weighted by atomic mass is 10.1. The summed E-state index contributed by atoms with van der Waals surface area (Å²) in [5.41, 5.74) is 4.30. The minimum absolute atomic E-state index is 0. The van der Waals surface area contributed by atoms with Crippen LogP contribution in [0.4, 0.5) is 0 Å². The lowest BCUT2D eigenvalue weighted by molar-refractivity contribution is 0.786. The summed E-state index contributed by atoms with van der Waals surface area (Å²) in [7, 11) is 1.77. The molecule has 138 valence electrons. The summed E-state index contributed by atoms with van der Waals surface area (Å²) < 4.78 is 2.09. The number of halogens is 2. The molecular weight excluding hydrogens is 461 g/mol. The average Bonchev–Trinajstić information content (AvgIpc) is 3.02.